The van der Waals surface area contributed by atoms with Crippen LogP contribution in [-0.2, 0) is 38.1 Å². The lowest BCUT2D eigenvalue weighted by Crippen LogP contribution is -2.31. The first-order valence-corrected chi connectivity index (χ1v) is 12.7. The van der Waals surface area contributed by atoms with Crippen LogP contribution in [0, 0.1) is 5.41 Å². The predicted octanol–water partition coefficient (Wildman–Crippen LogP) is 0.987. The number of ether oxygens (including phenoxy) is 4. The minimum atomic E-state index is -0.214. The summed E-state index contributed by atoms with van der Waals surface area (Å²) in [5.74, 6) is -0.593. The van der Waals surface area contributed by atoms with E-state index in [1.807, 2.05) is 0 Å². The number of Topliss-reactive ketones (excluding diaryl/α,β-unsaturated/α-hetero) is 1. The van der Waals surface area contributed by atoms with Gasteiger partial charge in [-0.25, -0.2) is 0 Å². The van der Waals surface area contributed by atoms with Crippen LogP contribution in [0.25, 0.3) is 0 Å². The van der Waals surface area contributed by atoms with Crippen LogP contribution in [0.5, 0.6) is 0 Å². The Morgan fingerprint density at radius 3 is 1.19 bits per heavy atom. The molecule has 3 N–H and O–H groups in total. The van der Waals surface area contributed by atoms with Gasteiger partial charge in [-0.2, -0.15) is 0 Å². The van der Waals surface area contributed by atoms with Gasteiger partial charge in [0.1, 0.15) is 5.78 Å². The van der Waals surface area contributed by atoms with Crippen LogP contribution in [0.1, 0.15) is 59.8 Å². The van der Waals surface area contributed by atoms with Gasteiger partial charge in [-0.3, -0.25) is 14.4 Å². The summed E-state index contributed by atoms with van der Waals surface area (Å²) >= 11 is 0. The molecule has 0 fully saturated rings. The molecule has 11 nitrogen and oxygen atoms in total. The molecule has 0 atom stereocenters. The number of hydrogen-bond donors (Lipinski definition) is 3. The number of rotatable bonds is 23. The number of nitrogens with one attached hydrogen (secondary N) is 3. The molecule has 0 spiro atoms. The molecule has 0 aliphatic heterocycles. The van der Waals surface area contributed by atoms with Crippen molar-refractivity contribution in [2.24, 2.45) is 5.41 Å². The number of amides is 3. The maximum absolute atomic E-state index is 11.8. The van der Waals surface area contributed by atoms with E-state index in [1.54, 1.807) is 0 Å². The van der Waals surface area contributed by atoms with Crippen molar-refractivity contribution in [2.45, 2.75) is 59.8 Å². The molecule has 0 aliphatic carbocycles. The zero-order chi connectivity index (χ0) is 27.1. The molecule has 0 aromatic carbocycles. The summed E-state index contributed by atoms with van der Waals surface area (Å²) < 4.78 is 21.6. The molecule has 0 unspecified atom stereocenters. The third kappa shape index (κ3) is 26.5. The second kappa shape index (κ2) is 22.1. The van der Waals surface area contributed by atoms with Crippen molar-refractivity contribution in [3.63, 3.8) is 0 Å². The van der Waals surface area contributed by atoms with Crippen molar-refractivity contribution in [2.75, 3.05) is 72.5 Å². The molecule has 3 amide bonds. The molecule has 0 heterocycles. The van der Waals surface area contributed by atoms with Gasteiger partial charge < -0.3 is 39.7 Å². The molecular formula is C25H47N3O8. The van der Waals surface area contributed by atoms with E-state index in [1.165, 1.54) is 6.92 Å². The van der Waals surface area contributed by atoms with Crippen LogP contribution in [0.2, 0.25) is 0 Å². The molecule has 36 heavy (non-hydrogen) atoms. The first kappa shape index (κ1) is 33.9. The lowest BCUT2D eigenvalue weighted by atomic mass is 9.93. The fourth-order valence-electron chi connectivity index (χ4n) is 2.59. The molecule has 0 aromatic rings. The van der Waals surface area contributed by atoms with Crippen molar-refractivity contribution >= 4 is 23.5 Å². The van der Waals surface area contributed by atoms with Crippen LogP contribution in [0.4, 0.5) is 0 Å². The van der Waals surface area contributed by atoms with E-state index in [0.29, 0.717) is 72.5 Å². The molecule has 11 heteroatoms. The molecule has 210 valence electrons. The molecule has 0 saturated heterocycles. The molecule has 0 aromatic heterocycles. The summed E-state index contributed by atoms with van der Waals surface area (Å²) in [5.41, 5.74) is 0.258. The Hall–Kier alpha value is -2.08. The zero-order valence-electron chi connectivity index (χ0n) is 22.6. The third-order valence-corrected chi connectivity index (χ3v) is 4.73. The topological polar surface area (TPSA) is 141 Å². The van der Waals surface area contributed by atoms with Gasteiger partial charge in [-0.15, -0.1) is 0 Å². The summed E-state index contributed by atoms with van der Waals surface area (Å²) in [6, 6.07) is 0. The normalized spacial score (nSPS) is 11.2. The quantitative estimate of drug-likeness (QED) is 0.170. The van der Waals surface area contributed by atoms with Gasteiger partial charge in [0.15, 0.2) is 0 Å². The van der Waals surface area contributed by atoms with Crippen LogP contribution >= 0.6 is 0 Å². The van der Waals surface area contributed by atoms with Gasteiger partial charge in [-0.1, -0.05) is 20.8 Å². The number of hydrogen-bond acceptors (Lipinski definition) is 8. The van der Waals surface area contributed by atoms with E-state index in [2.05, 4.69) is 36.7 Å². The van der Waals surface area contributed by atoms with E-state index >= 15 is 0 Å². The lowest BCUT2D eigenvalue weighted by molar-refractivity contribution is -0.126. The van der Waals surface area contributed by atoms with E-state index in [-0.39, 0.29) is 54.6 Å². The average Bonchev–Trinajstić information content (AvgIpc) is 2.80. The lowest BCUT2D eigenvalue weighted by Gasteiger charge is -2.17. The summed E-state index contributed by atoms with van der Waals surface area (Å²) in [6.45, 7) is 12.6. The Balaban J connectivity index is 3.40. The maximum Gasteiger partial charge on any atom is 0.220 e. The fraction of sp³-hybridized carbons (Fsp3) is 0.840. The fourth-order valence-corrected chi connectivity index (χ4v) is 2.59. The summed E-state index contributed by atoms with van der Waals surface area (Å²) in [6.07, 6.45) is 1.65. The highest BCUT2D eigenvalue weighted by atomic mass is 16.5. The second-order valence-corrected chi connectivity index (χ2v) is 9.51. The van der Waals surface area contributed by atoms with Crippen LogP contribution in [0.15, 0.2) is 0 Å². The number of carbonyl (C=O) groups excluding carboxylic acids is 4. The monoisotopic (exact) mass is 517 g/mol. The standard InChI is InChI=1S/C25H47N3O8/c1-21(29)5-6-22(30)26-10-14-35-19-20-36-16-12-28-24(32)8-7-23(31)27-11-15-34-18-17-33-13-9-25(2,3)4/h5-20H2,1-4H3,(H,26,30)(H,27,31)(H,28,32). The van der Waals surface area contributed by atoms with Crippen molar-refractivity contribution in [3.05, 3.63) is 0 Å². The van der Waals surface area contributed by atoms with Gasteiger partial charge in [-0.05, 0) is 18.8 Å². The molecule has 0 aliphatic rings. The van der Waals surface area contributed by atoms with Gasteiger partial charge in [0, 0.05) is 51.9 Å². The molecular weight excluding hydrogens is 470 g/mol. The van der Waals surface area contributed by atoms with Crippen LogP contribution in [0.3, 0.4) is 0 Å². The summed E-state index contributed by atoms with van der Waals surface area (Å²) in [5, 5.41) is 8.09. The molecule has 0 bridgehead atoms. The zero-order valence-corrected chi connectivity index (χ0v) is 22.6. The largest absolute Gasteiger partial charge is 0.379 e. The Bertz CT molecular complexity index is 623. The van der Waals surface area contributed by atoms with Crippen LogP contribution < -0.4 is 16.0 Å². The number of carbonyl (C=O) groups is 4. The van der Waals surface area contributed by atoms with Gasteiger partial charge >= 0.3 is 0 Å². The summed E-state index contributed by atoms with van der Waals surface area (Å²) in [4.78, 5) is 45.8. The predicted molar refractivity (Wildman–Crippen MR) is 136 cm³/mol. The Morgan fingerprint density at radius 1 is 0.528 bits per heavy atom. The Morgan fingerprint density at radius 2 is 0.861 bits per heavy atom. The van der Waals surface area contributed by atoms with Crippen molar-refractivity contribution < 1.29 is 38.1 Å². The van der Waals surface area contributed by atoms with Crippen molar-refractivity contribution in [3.8, 4) is 0 Å². The first-order chi connectivity index (χ1) is 17.1. The van der Waals surface area contributed by atoms with Gasteiger partial charge in [0.2, 0.25) is 17.7 Å². The highest BCUT2D eigenvalue weighted by Gasteiger charge is 2.09. The average molecular weight is 518 g/mol. The van der Waals surface area contributed by atoms with E-state index in [0.717, 1.165) is 6.42 Å². The third-order valence-electron chi connectivity index (χ3n) is 4.73. The molecule has 0 saturated carbocycles. The van der Waals surface area contributed by atoms with Gasteiger partial charge in [0.25, 0.3) is 0 Å². The Kier molecular flexibility index (Phi) is 20.9. The highest BCUT2D eigenvalue weighted by molar-refractivity contribution is 5.84. The van der Waals surface area contributed by atoms with E-state index in [4.69, 9.17) is 18.9 Å². The molecule has 0 rings (SSSR count). The minimum Gasteiger partial charge on any atom is -0.379 e. The Labute approximate surface area is 215 Å². The van der Waals surface area contributed by atoms with Crippen molar-refractivity contribution in [1.82, 2.24) is 16.0 Å². The first-order valence-electron chi connectivity index (χ1n) is 12.7. The van der Waals surface area contributed by atoms with E-state index < -0.39 is 0 Å². The SMILES string of the molecule is CC(=O)CCC(=O)NCCOCCOCCNC(=O)CCC(=O)NCCOCCOCCC(C)(C)C. The smallest absolute Gasteiger partial charge is 0.220 e. The van der Waals surface area contributed by atoms with Crippen LogP contribution in [-0.4, -0.2) is 96.0 Å². The summed E-state index contributed by atoms with van der Waals surface area (Å²) in [7, 11) is 0. The molecule has 0 radical (unpaired) electrons. The minimum absolute atomic E-state index is 0.0128. The number of ketones is 1. The maximum atomic E-state index is 11.8. The van der Waals surface area contributed by atoms with E-state index in [9.17, 15) is 19.2 Å². The highest BCUT2D eigenvalue weighted by Crippen LogP contribution is 2.17. The van der Waals surface area contributed by atoms with Gasteiger partial charge in [0.05, 0.1) is 46.2 Å². The van der Waals surface area contributed by atoms with Crippen molar-refractivity contribution in [1.29, 1.82) is 0 Å². The second-order valence-electron chi connectivity index (χ2n) is 9.51.